The number of esters is 2. The number of unbranched alkanes of at least 4 members (excludes halogenated alkanes) is 27. The quantitative estimate of drug-likeness (QED) is 0.0282. The third kappa shape index (κ3) is 37.6. The van der Waals surface area contributed by atoms with E-state index in [2.05, 4.69) is 18.0 Å². The molecule has 0 heterocycles. The molecule has 9 heteroatoms. The van der Waals surface area contributed by atoms with E-state index < -0.39 is 32.5 Å². The molecule has 8 nitrogen and oxygen atoms in total. The van der Waals surface area contributed by atoms with Gasteiger partial charge in [0.1, 0.15) is 6.61 Å². The Morgan fingerprint density at radius 2 is 0.917 bits per heavy atom. The monoisotopic (exact) mass is 703 g/mol. The fourth-order valence-corrected chi connectivity index (χ4v) is 6.30. The molecule has 0 unspecified atom stereocenters. The molecule has 0 aromatic rings. The zero-order chi connectivity index (χ0) is 35.4. The first-order chi connectivity index (χ1) is 23.3. The fraction of sp³-hybridized carbons (Fsp3) is 0.897. The first kappa shape index (κ1) is 46.8. The molecule has 284 valence electrons. The van der Waals surface area contributed by atoms with Gasteiger partial charge in [-0.25, -0.2) is 4.57 Å². The predicted molar refractivity (Wildman–Crippen MR) is 198 cm³/mol. The maximum atomic E-state index is 12.4. The van der Waals surface area contributed by atoms with Crippen LogP contribution in [0, 0.1) is 0 Å². The maximum Gasteiger partial charge on any atom is 0.469 e. The smallest absolute Gasteiger partial charge is 0.462 e. The lowest BCUT2D eigenvalue weighted by molar-refractivity contribution is -0.161. The summed E-state index contributed by atoms with van der Waals surface area (Å²) in [5, 5.41) is 0. The van der Waals surface area contributed by atoms with Crippen LogP contribution in [0.4, 0.5) is 0 Å². The molecule has 0 amide bonds. The topological polar surface area (TPSA) is 119 Å². The van der Waals surface area contributed by atoms with Crippen LogP contribution in [0.25, 0.3) is 0 Å². The SMILES string of the molecule is C=CCCCCCCCCCCCCCCCC(=O)O[C@H](COC(=O)CCCCCCCCCCCCCCCCC)COP(=O)(O)O. The highest BCUT2D eigenvalue weighted by Gasteiger charge is 2.22. The molecule has 0 aliphatic rings. The van der Waals surface area contributed by atoms with E-state index in [0.717, 1.165) is 44.9 Å². The van der Waals surface area contributed by atoms with E-state index in [0.29, 0.717) is 6.42 Å². The second-order valence-corrected chi connectivity index (χ2v) is 14.9. The minimum Gasteiger partial charge on any atom is -0.462 e. The number of phosphoric ester groups is 1. The third-order valence-corrected chi connectivity index (χ3v) is 9.42. The van der Waals surface area contributed by atoms with Gasteiger partial charge in [-0.15, -0.1) is 6.58 Å². The highest BCUT2D eigenvalue weighted by atomic mass is 31.2. The van der Waals surface area contributed by atoms with Crippen molar-refractivity contribution in [1.82, 2.24) is 0 Å². The summed E-state index contributed by atoms with van der Waals surface area (Å²) in [4.78, 5) is 42.7. The van der Waals surface area contributed by atoms with E-state index in [1.165, 1.54) is 135 Å². The van der Waals surface area contributed by atoms with Gasteiger partial charge in [-0.3, -0.25) is 14.1 Å². The Hall–Kier alpha value is -1.21. The second kappa shape index (κ2) is 35.6. The first-order valence-corrected chi connectivity index (χ1v) is 21.5. The van der Waals surface area contributed by atoms with Crippen molar-refractivity contribution < 1.29 is 37.9 Å². The van der Waals surface area contributed by atoms with Crippen LogP contribution in [-0.4, -0.2) is 41.0 Å². The Labute approximate surface area is 295 Å². The van der Waals surface area contributed by atoms with Crippen molar-refractivity contribution in [3.05, 3.63) is 12.7 Å². The standard InChI is InChI=1S/C39H75O8P/c1-3-5-7-9-11-13-15-17-19-21-23-25-27-29-31-33-38(40)45-35-37(36-46-48(42,43)44)47-39(41)34-32-30-28-26-24-22-20-18-16-14-12-10-8-6-4-2/h4,37H,2-3,5-36H2,1H3,(H2,42,43,44)/t37-/m1/s1. The number of carbonyl (C=O) groups is 2. The predicted octanol–water partition coefficient (Wildman–Crippen LogP) is 11.8. The van der Waals surface area contributed by atoms with Gasteiger partial charge in [0.15, 0.2) is 6.10 Å². The van der Waals surface area contributed by atoms with Crippen LogP contribution in [0.2, 0.25) is 0 Å². The summed E-state index contributed by atoms with van der Waals surface area (Å²) in [6.45, 7) is 5.21. The van der Waals surface area contributed by atoms with Gasteiger partial charge in [0.25, 0.3) is 0 Å². The molecule has 0 aromatic carbocycles. The summed E-state index contributed by atoms with van der Waals surface area (Å²) in [7, 11) is -4.75. The van der Waals surface area contributed by atoms with Gasteiger partial charge in [0, 0.05) is 12.8 Å². The number of hydrogen-bond acceptors (Lipinski definition) is 6. The number of allylic oxidation sites excluding steroid dienone is 1. The molecular weight excluding hydrogens is 627 g/mol. The summed E-state index contributed by atoms with van der Waals surface area (Å²) < 4.78 is 26.3. The van der Waals surface area contributed by atoms with E-state index in [-0.39, 0.29) is 19.4 Å². The van der Waals surface area contributed by atoms with E-state index >= 15 is 0 Å². The summed E-state index contributed by atoms with van der Waals surface area (Å²) in [6, 6.07) is 0. The lowest BCUT2D eigenvalue weighted by Gasteiger charge is -2.18. The highest BCUT2D eigenvalue weighted by Crippen LogP contribution is 2.36. The molecule has 0 rings (SSSR count). The number of phosphoric acid groups is 1. The van der Waals surface area contributed by atoms with Crippen molar-refractivity contribution in [1.29, 1.82) is 0 Å². The molecule has 0 aliphatic carbocycles. The third-order valence-electron chi connectivity index (χ3n) is 8.93. The molecule has 0 saturated carbocycles. The zero-order valence-electron chi connectivity index (χ0n) is 31.0. The van der Waals surface area contributed by atoms with Gasteiger partial charge in [-0.05, 0) is 25.7 Å². The Balaban J connectivity index is 3.88. The van der Waals surface area contributed by atoms with Crippen molar-refractivity contribution in [3.63, 3.8) is 0 Å². The summed E-state index contributed by atoms with van der Waals surface area (Å²) in [5.74, 6) is -0.876. The average Bonchev–Trinajstić information content (AvgIpc) is 3.05. The molecule has 0 spiro atoms. The number of rotatable bonds is 38. The molecule has 0 radical (unpaired) electrons. The molecular formula is C39H75O8P. The fourth-order valence-electron chi connectivity index (χ4n) is 5.94. The van der Waals surface area contributed by atoms with Crippen LogP contribution in [-0.2, 0) is 28.2 Å². The van der Waals surface area contributed by atoms with Gasteiger partial charge in [-0.1, -0.05) is 174 Å². The van der Waals surface area contributed by atoms with Gasteiger partial charge in [0.05, 0.1) is 6.61 Å². The molecule has 1 atom stereocenters. The lowest BCUT2D eigenvalue weighted by atomic mass is 10.0. The summed E-state index contributed by atoms with van der Waals surface area (Å²) in [6.07, 6.45) is 36.8. The van der Waals surface area contributed by atoms with Crippen molar-refractivity contribution in [2.75, 3.05) is 13.2 Å². The largest absolute Gasteiger partial charge is 0.469 e. The molecule has 0 aromatic heterocycles. The molecule has 0 fully saturated rings. The van der Waals surface area contributed by atoms with Crippen molar-refractivity contribution in [2.24, 2.45) is 0 Å². The molecule has 0 bridgehead atoms. The van der Waals surface area contributed by atoms with E-state index in [9.17, 15) is 14.2 Å². The van der Waals surface area contributed by atoms with Crippen molar-refractivity contribution >= 4 is 19.8 Å². The van der Waals surface area contributed by atoms with Crippen LogP contribution in [0.5, 0.6) is 0 Å². The van der Waals surface area contributed by atoms with Crippen LogP contribution in [0.1, 0.15) is 206 Å². The van der Waals surface area contributed by atoms with Crippen LogP contribution < -0.4 is 0 Å². The number of hydrogen-bond donors (Lipinski definition) is 2. The minimum absolute atomic E-state index is 0.215. The Morgan fingerprint density at radius 3 is 1.29 bits per heavy atom. The Bertz CT molecular complexity index is 784. The summed E-state index contributed by atoms with van der Waals surface area (Å²) >= 11 is 0. The van der Waals surface area contributed by atoms with Crippen molar-refractivity contribution in [2.45, 2.75) is 212 Å². The Morgan fingerprint density at radius 1 is 0.562 bits per heavy atom. The number of carbonyl (C=O) groups excluding carboxylic acids is 2. The second-order valence-electron chi connectivity index (χ2n) is 13.7. The molecule has 2 N–H and O–H groups in total. The van der Waals surface area contributed by atoms with Crippen LogP contribution in [0.15, 0.2) is 12.7 Å². The average molecular weight is 703 g/mol. The summed E-state index contributed by atoms with van der Waals surface area (Å²) in [5.41, 5.74) is 0. The molecule has 0 aliphatic heterocycles. The minimum atomic E-state index is -4.75. The van der Waals surface area contributed by atoms with Gasteiger partial charge >= 0.3 is 19.8 Å². The van der Waals surface area contributed by atoms with E-state index in [4.69, 9.17) is 19.3 Å². The Kier molecular flexibility index (Phi) is 34.7. The lowest BCUT2D eigenvalue weighted by Crippen LogP contribution is -2.29. The van der Waals surface area contributed by atoms with Crippen LogP contribution in [0.3, 0.4) is 0 Å². The molecule has 0 saturated heterocycles. The molecule has 48 heavy (non-hydrogen) atoms. The number of ether oxygens (including phenoxy) is 2. The first-order valence-electron chi connectivity index (χ1n) is 19.9. The van der Waals surface area contributed by atoms with Gasteiger partial charge in [0.2, 0.25) is 0 Å². The van der Waals surface area contributed by atoms with Crippen LogP contribution >= 0.6 is 7.82 Å². The van der Waals surface area contributed by atoms with Crippen molar-refractivity contribution in [3.8, 4) is 0 Å². The van der Waals surface area contributed by atoms with Gasteiger partial charge in [-0.2, -0.15) is 0 Å². The normalized spacial score (nSPS) is 12.2. The zero-order valence-corrected chi connectivity index (χ0v) is 31.9. The van der Waals surface area contributed by atoms with E-state index in [1.54, 1.807) is 0 Å². The maximum absolute atomic E-state index is 12.4. The highest BCUT2D eigenvalue weighted by molar-refractivity contribution is 7.46. The van der Waals surface area contributed by atoms with Gasteiger partial charge < -0.3 is 19.3 Å². The van der Waals surface area contributed by atoms with E-state index in [1.807, 2.05) is 6.08 Å².